The van der Waals surface area contributed by atoms with E-state index in [1.807, 2.05) is 12.1 Å². The van der Waals surface area contributed by atoms with E-state index in [1.54, 1.807) is 17.5 Å². The third-order valence-electron chi connectivity index (χ3n) is 4.43. The number of carbonyl (C=O) groups is 2. The van der Waals surface area contributed by atoms with Crippen LogP contribution in [0.15, 0.2) is 39.6 Å². The Morgan fingerprint density at radius 3 is 2.74 bits per heavy atom. The van der Waals surface area contributed by atoms with E-state index in [1.165, 1.54) is 10.5 Å². The van der Waals surface area contributed by atoms with Crippen molar-refractivity contribution in [2.24, 2.45) is 5.73 Å². The van der Waals surface area contributed by atoms with Gasteiger partial charge in [0.2, 0.25) is 5.91 Å². The standard InChI is InChI=1S/C21H22N4O4S2/c1-12(2)15-10-30-18(23-15)5-3-13-7-8-25-17(9-13)24-20(31-11-16(22)26)14(21(25)29)4-6-19(27)28/h4,6-10,12H,3,5,11H2,1-2H3,(H2,22,26)(H,27,28). The molecular formula is C21H22N4O4S2. The minimum Gasteiger partial charge on any atom is -0.478 e. The van der Waals surface area contributed by atoms with Gasteiger partial charge in [-0.1, -0.05) is 25.6 Å². The lowest BCUT2D eigenvalue weighted by atomic mass is 10.1. The summed E-state index contributed by atoms with van der Waals surface area (Å²) < 4.78 is 1.36. The Balaban J connectivity index is 1.92. The molecule has 3 N–H and O–H groups in total. The molecule has 10 heteroatoms. The average Bonchev–Trinajstić information content (AvgIpc) is 3.19. The van der Waals surface area contributed by atoms with Crippen LogP contribution < -0.4 is 11.3 Å². The molecule has 0 unspecified atom stereocenters. The zero-order valence-corrected chi connectivity index (χ0v) is 18.7. The highest BCUT2D eigenvalue weighted by atomic mass is 32.2. The maximum atomic E-state index is 12.9. The number of carbonyl (C=O) groups excluding carboxylic acids is 1. The summed E-state index contributed by atoms with van der Waals surface area (Å²) in [6.07, 6.45) is 5.20. The van der Waals surface area contributed by atoms with Crippen molar-refractivity contribution in [3.05, 3.63) is 62.0 Å². The molecule has 31 heavy (non-hydrogen) atoms. The van der Waals surface area contributed by atoms with Crippen molar-refractivity contribution < 1.29 is 14.7 Å². The Hall–Kier alpha value is -2.98. The van der Waals surface area contributed by atoms with E-state index < -0.39 is 17.4 Å². The monoisotopic (exact) mass is 458 g/mol. The molecule has 1 amide bonds. The quantitative estimate of drug-likeness (QED) is 0.287. The van der Waals surface area contributed by atoms with Gasteiger partial charge in [0.05, 0.1) is 22.0 Å². The van der Waals surface area contributed by atoms with Gasteiger partial charge in [-0.15, -0.1) is 11.3 Å². The third-order valence-corrected chi connectivity index (χ3v) is 6.37. The number of amides is 1. The van der Waals surface area contributed by atoms with Gasteiger partial charge in [-0.2, -0.15) is 0 Å². The van der Waals surface area contributed by atoms with Crippen LogP contribution in [-0.4, -0.2) is 37.1 Å². The highest BCUT2D eigenvalue weighted by molar-refractivity contribution is 8.00. The van der Waals surface area contributed by atoms with Crippen LogP contribution in [0.1, 0.15) is 41.6 Å². The van der Waals surface area contributed by atoms with Gasteiger partial charge in [0, 0.05) is 24.1 Å². The summed E-state index contributed by atoms with van der Waals surface area (Å²) in [6.45, 7) is 4.22. The molecule has 0 atom stereocenters. The number of nitrogens with two attached hydrogens (primary N) is 1. The first-order valence-corrected chi connectivity index (χ1v) is 11.4. The van der Waals surface area contributed by atoms with Crippen molar-refractivity contribution >= 4 is 46.7 Å². The number of thioether (sulfide) groups is 1. The first kappa shape index (κ1) is 22.7. The van der Waals surface area contributed by atoms with Gasteiger partial charge in [-0.25, -0.2) is 14.8 Å². The third kappa shape index (κ3) is 5.80. The summed E-state index contributed by atoms with van der Waals surface area (Å²) in [7, 11) is 0. The summed E-state index contributed by atoms with van der Waals surface area (Å²) >= 11 is 2.65. The molecule has 0 saturated carbocycles. The van der Waals surface area contributed by atoms with Crippen molar-refractivity contribution in [1.29, 1.82) is 0 Å². The number of aliphatic carboxylic acids is 1. The number of hydrogen-bond donors (Lipinski definition) is 2. The highest BCUT2D eigenvalue weighted by Gasteiger charge is 2.14. The summed E-state index contributed by atoms with van der Waals surface area (Å²) in [5, 5.41) is 12.3. The molecule has 3 aromatic heterocycles. The molecule has 0 spiro atoms. The van der Waals surface area contributed by atoms with Crippen LogP contribution in [0, 0.1) is 0 Å². The molecule has 0 aromatic carbocycles. The second-order valence-corrected chi connectivity index (χ2v) is 9.05. The molecular weight excluding hydrogens is 436 g/mol. The lowest BCUT2D eigenvalue weighted by molar-refractivity contribution is -0.131. The maximum absolute atomic E-state index is 12.9. The van der Waals surface area contributed by atoms with Crippen LogP contribution in [0.4, 0.5) is 0 Å². The van der Waals surface area contributed by atoms with Gasteiger partial charge in [-0.05, 0) is 36.1 Å². The predicted octanol–water partition coefficient (Wildman–Crippen LogP) is 2.73. The second kappa shape index (κ2) is 9.88. The first-order chi connectivity index (χ1) is 14.7. The Bertz CT molecular complexity index is 1210. The number of pyridine rings is 1. The van der Waals surface area contributed by atoms with Crippen molar-refractivity contribution in [1.82, 2.24) is 14.4 Å². The summed E-state index contributed by atoms with van der Waals surface area (Å²) in [4.78, 5) is 44.1. The number of primary amides is 1. The molecule has 8 nitrogen and oxygen atoms in total. The molecule has 3 aromatic rings. The van der Waals surface area contributed by atoms with Crippen LogP contribution in [0.2, 0.25) is 0 Å². The first-order valence-electron chi connectivity index (χ1n) is 9.56. The van der Waals surface area contributed by atoms with Crippen LogP contribution in [0.25, 0.3) is 11.7 Å². The van der Waals surface area contributed by atoms with Crippen LogP contribution in [0.3, 0.4) is 0 Å². The maximum Gasteiger partial charge on any atom is 0.328 e. The van der Waals surface area contributed by atoms with Crippen molar-refractivity contribution in [3.8, 4) is 0 Å². The molecule has 3 rings (SSSR count). The summed E-state index contributed by atoms with van der Waals surface area (Å²) in [6, 6.07) is 3.66. The van der Waals surface area contributed by atoms with Gasteiger partial charge < -0.3 is 10.8 Å². The van der Waals surface area contributed by atoms with Crippen LogP contribution >= 0.6 is 23.1 Å². The Morgan fingerprint density at radius 1 is 1.32 bits per heavy atom. The number of carboxylic acids is 1. The van der Waals surface area contributed by atoms with Gasteiger partial charge in [0.1, 0.15) is 10.7 Å². The number of thiazole rings is 1. The SMILES string of the molecule is CC(C)c1csc(CCc2ccn3c(=O)c(C=CC(=O)O)c(SCC(N)=O)nc3c2)n1. The average molecular weight is 459 g/mol. The molecule has 0 aliphatic carbocycles. The van der Waals surface area contributed by atoms with E-state index in [-0.39, 0.29) is 16.3 Å². The molecule has 3 heterocycles. The fourth-order valence-corrected chi connectivity index (χ4v) is 4.54. The van der Waals surface area contributed by atoms with Gasteiger partial charge in [0.15, 0.2) is 0 Å². The highest BCUT2D eigenvalue weighted by Crippen LogP contribution is 2.22. The fraction of sp³-hybridized carbons (Fsp3) is 0.286. The number of rotatable bonds is 9. The predicted molar refractivity (Wildman–Crippen MR) is 122 cm³/mol. The van der Waals surface area contributed by atoms with Crippen molar-refractivity contribution in [2.75, 3.05) is 5.75 Å². The lowest BCUT2D eigenvalue weighted by Crippen LogP contribution is -2.20. The van der Waals surface area contributed by atoms with E-state index in [4.69, 9.17) is 10.8 Å². The molecule has 0 aliphatic heterocycles. The van der Waals surface area contributed by atoms with Crippen molar-refractivity contribution in [3.63, 3.8) is 0 Å². The van der Waals surface area contributed by atoms with E-state index in [2.05, 4.69) is 29.2 Å². The molecule has 0 aliphatic rings. The Labute approximate surface area is 186 Å². The number of carboxylic acid groups (broad SMARTS) is 1. The molecule has 0 radical (unpaired) electrons. The van der Waals surface area contributed by atoms with E-state index in [9.17, 15) is 14.4 Å². The smallest absolute Gasteiger partial charge is 0.328 e. The van der Waals surface area contributed by atoms with Gasteiger partial charge in [-0.3, -0.25) is 14.0 Å². The van der Waals surface area contributed by atoms with E-state index in [0.29, 0.717) is 11.6 Å². The van der Waals surface area contributed by atoms with Gasteiger partial charge in [0.25, 0.3) is 5.56 Å². The van der Waals surface area contributed by atoms with E-state index in [0.717, 1.165) is 46.9 Å². The molecule has 0 fully saturated rings. The number of aryl methyl sites for hydroxylation is 2. The number of nitrogens with zero attached hydrogens (tertiary/aromatic N) is 3. The van der Waals surface area contributed by atoms with Crippen LogP contribution in [0.5, 0.6) is 0 Å². The lowest BCUT2D eigenvalue weighted by Gasteiger charge is -2.09. The zero-order chi connectivity index (χ0) is 22.5. The molecule has 162 valence electrons. The Kier molecular flexibility index (Phi) is 7.24. The Morgan fingerprint density at radius 2 is 2.10 bits per heavy atom. The summed E-state index contributed by atoms with van der Waals surface area (Å²) in [5.41, 5.74) is 7.40. The minimum atomic E-state index is -1.19. The number of aromatic nitrogens is 3. The fourth-order valence-electron chi connectivity index (χ4n) is 2.83. The number of hydrogen-bond acceptors (Lipinski definition) is 7. The van der Waals surface area contributed by atoms with Crippen LogP contribution in [-0.2, 0) is 22.4 Å². The van der Waals surface area contributed by atoms with E-state index >= 15 is 0 Å². The molecule has 0 bridgehead atoms. The minimum absolute atomic E-state index is 0.0710. The zero-order valence-electron chi connectivity index (χ0n) is 17.1. The normalized spacial score (nSPS) is 11.6. The summed E-state index contributed by atoms with van der Waals surface area (Å²) in [5.74, 6) is -1.42. The van der Waals surface area contributed by atoms with Gasteiger partial charge >= 0.3 is 5.97 Å². The number of fused-ring (bicyclic) bond motifs is 1. The largest absolute Gasteiger partial charge is 0.478 e. The topological polar surface area (TPSA) is 128 Å². The second-order valence-electron chi connectivity index (χ2n) is 7.15. The molecule has 0 saturated heterocycles. The van der Waals surface area contributed by atoms with Crippen molar-refractivity contribution in [2.45, 2.75) is 37.6 Å².